The molecule has 2 amide bonds. The number of carbonyl (C=O) groups is 2. The number of thiophene rings is 1. The summed E-state index contributed by atoms with van der Waals surface area (Å²) in [6.07, 6.45) is 2.83. The van der Waals surface area contributed by atoms with Crippen molar-refractivity contribution in [3.05, 3.63) is 23.3 Å². The molecule has 116 valence electrons. The van der Waals surface area contributed by atoms with Crippen molar-refractivity contribution in [2.45, 2.75) is 38.3 Å². The fourth-order valence-corrected chi connectivity index (χ4v) is 2.93. The molecule has 1 saturated heterocycles. The molecule has 0 radical (unpaired) electrons. The topological polar surface area (TPSA) is 97.1 Å². The molecule has 3 heterocycles. The number of nitrogens with zero attached hydrogens (tertiary/aromatic N) is 2. The summed E-state index contributed by atoms with van der Waals surface area (Å²) < 4.78 is 5.15. The van der Waals surface area contributed by atoms with Crippen LogP contribution in [-0.4, -0.2) is 28.0 Å². The van der Waals surface area contributed by atoms with Gasteiger partial charge in [-0.3, -0.25) is 9.59 Å². The predicted molar refractivity (Wildman–Crippen MR) is 79.9 cm³/mol. The van der Waals surface area contributed by atoms with Crippen molar-refractivity contribution in [2.24, 2.45) is 0 Å². The van der Waals surface area contributed by atoms with Gasteiger partial charge in [-0.15, -0.1) is 11.3 Å². The standard InChI is InChI=1S/C14H16N4O3S/c19-12-6-2-1-4-9(16-12)13(20)15-8-11-17-14(21-18-11)10-5-3-7-22-10/h3,5,7,9H,1-2,4,6,8H2,(H,15,20)(H,16,19)/t9-/m1/s1. The molecule has 22 heavy (non-hydrogen) atoms. The van der Waals surface area contributed by atoms with Crippen LogP contribution >= 0.6 is 11.3 Å². The van der Waals surface area contributed by atoms with Gasteiger partial charge in [0.1, 0.15) is 6.04 Å². The molecule has 1 aliphatic rings. The Labute approximate surface area is 131 Å². The summed E-state index contributed by atoms with van der Waals surface area (Å²) in [5, 5.41) is 11.2. The van der Waals surface area contributed by atoms with E-state index in [4.69, 9.17) is 4.52 Å². The zero-order valence-corrected chi connectivity index (χ0v) is 12.7. The van der Waals surface area contributed by atoms with Crippen molar-refractivity contribution in [3.63, 3.8) is 0 Å². The highest BCUT2D eigenvalue weighted by molar-refractivity contribution is 7.13. The normalized spacial score (nSPS) is 18.5. The van der Waals surface area contributed by atoms with Crippen LogP contribution in [-0.2, 0) is 16.1 Å². The van der Waals surface area contributed by atoms with Gasteiger partial charge in [0.15, 0.2) is 5.82 Å². The van der Waals surface area contributed by atoms with E-state index >= 15 is 0 Å². The van der Waals surface area contributed by atoms with Gasteiger partial charge < -0.3 is 15.2 Å². The maximum Gasteiger partial charge on any atom is 0.268 e. The Balaban J connectivity index is 1.55. The summed E-state index contributed by atoms with van der Waals surface area (Å²) in [7, 11) is 0. The molecule has 0 aliphatic carbocycles. The van der Waals surface area contributed by atoms with E-state index in [2.05, 4.69) is 20.8 Å². The quantitative estimate of drug-likeness (QED) is 0.889. The molecular formula is C14H16N4O3S. The predicted octanol–water partition coefficient (Wildman–Crippen LogP) is 1.47. The lowest BCUT2D eigenvalue weighted by atomic mass is 10.1. The SMILES string of the molecule is O=C1CCCC[C@H](C(=O)NCc2noc(-c3cccs3)n2)N1. The number of nitrogens with one attached hydrogen (secondary N) is 2. The number of hydrogen-bond donors (Lipinski definition) is 2. The van der Waals surface area contributed by atoms with E-state index in [-0.39, 0.29) is 18.4 Å². The van der Waals surface area contributed by atoms with Crippen molar-refractivity contribution < 1.29 is 14.1 Å². The lowest BCUT2D eigenvalue weighted by molar-refractivity contribution is -0.128. The van der Waals surface area contributed by atoms with Crippen molar-refractivity contribution >= 4 is 23.2 Å². The summed E-state index contributed by atoms with van der Waals surface area (Å²) in [5.74, 6) is 0.577. The molecule has 0 unspecified atom stereocenters. The maximum absolute atomic E-state index is 12.1. The van der Waals surface area contributed by atoms with Crippen LogP contribution in [0.1, 0.15) is 31.5 Å². The van der Waals surface area contributed by atoms with E-state index in [0.717, 1.165) is 17.7 Å². The Morgan fingerprint density at radius 2 is 2.41 bits per heavy atom. The second-order valence-corrected chi connectivity index (χ2v) is 6.02. The highest BCUT2D eigenvalue weighted by atomic mass is 32.1. The number of aromatic nitrogens is 2. The number of carbonyl (C=O) groups excluding carboxylic acids is 2. The average molecular weight is 320 g/mol. The van der Waals surface area contributed by atoms with Crippen LogP contribution in [0.3, 0.4) is 0 Å². The van der Waals surface area contributed by atoms with Gasteiger partial charge in [-0.2, -0.15) is 4.98 Å². The third kappa shape index (κ3) is 3.51. The first kappa shape index (κ1) is 14.7. The fraction of sp³-hybridized carbons (Fsp3) is 0.429. The average Bonchev–Trinajstić information content (AvgIpc) is 3.14. The first-order valence-electron chi connectivity index (χ1n) is 7.16. The molecule has 0 spiro atoms. The third-order valence-electron chi connectivity index (χ3n) is 3.42. The van der Waals surface area contributed by atoms with E-state index in [9.17, 15) is 9.59 Å². The van der Waals surface area contributed by atoms with E-state index in [1.54, 1.807) is 0 Å². The van der Waals surface area contributed by atoms with Crippen LogP contribution in [0.2, 0.25) is 0 Å². The Kier molecular flexibility index (Phi) is 4.47. The third-order valence-corrected chi connectivity index (χ3v) is 4.28. The van der Waals surface area contributed by atoms with E-state index in [1.165, 1.54) is 11.3 Å². The number of hydrogen-bond acceptors (Lipinski definition) is 6. The summed E-state index contributed by atoms with van der Waals surface area (Å²) in [6, 6.07) is 3.32. The first-order chi connectivity index (χ1) is 10.7. The minimum Gasteiger partial charge on any atom is -0.347 e. The Hall–Kier alpha value is -2.22. The minimum absolute atomic E-state index is 0.0720. The van der Waals surface area contributed by atoms with Gasteiger partial charge in [0.05, 0.1) is 11.4 Å². The molecule has 7 nitrogen and oxygen atoms in total. The van der Waals surface area contributed by atoms with Gasteiger partial charge in [-0.1, -0.05) is 17.6 Å². The van der Waals surface area contributed by atoms with Crippen LogP contribution in [0.4, 0.5) is 0 Å². The lowest BCUT2D eigenvalue weighted by Gasteiger charge is -2.14. The summed E-state index contributed by atoms with van der Waals surface area (Å²) >= 11 is 1.51. The van der Waals surface area contributed by atoms with Crippen molar-refractivity contribution in [1.29, 1.82) is 0 Å². The molecule has 0 aromatic carbocycles. The zero-order valence-electron chi connectivity index (χ0n) is 11.9. The molecule has 8 heteroatoms. The van der Waals surface area contributed by atoms with Crippen LogP contribution in [0.25, 0.3) is 10.8 Å². The summed E-state index contributed by atoms with van der Waals surface area (Å²) in [6.45, 7) is 0.181. The second-order valence-electron chi connectivity index (χ2n) is 5.08. The van der Waals surface area contributed by atoms with Crippen LogP contribution in [0.15, 0.2) is 22.0 Å². The van der Waals surface area contributed by atoms with Crippen LogP contribution in [0, 0.1) is 0 Å². The van der Waals surface area contributed by atoms with Gasteiger partial charge in [0, 0.05) is 6.42 Å². The maximum atomic E-state index is 12.1. The van der Waals surface area contributed by atoms with Gasteiger partial charge in [-0.05, 0) is 24.3 Å². The minimum atomic E-state index is -0.473. The largest absolute Gasteiger partial charge is 0.347 e. The van der Waals surface area contributed by atoms with Gasteiger partial charge in [0.25, 0.3) is 5.89 Å². The summed E-state index contributed by atoms with van der Waals surface area (Å²) in [4.78, 5) is 28.7. The Morgan fingerprint density at radius 1 is 1.50 bits per heavy atom. The molecular weight excluding hydrogens is 304 g/mol. The molecule has 2 N–H and O–H groups in total. The molecule has 1 aliphatic heterocycles. The molecule has 2 aromatic heterocycles. The number of rotatable bonds is 4. The monoisotopic (exact) mass is 320 g/mol. The molecule has 3 rings (SSSR count). The molecule has 2 aromatic rings. The molecule has 1 fully saturated rings. The second kappa shape index (κ2) is 6.69. The Bertz CT molecular complexity index is 653. The van der Waals surface area contributed by atoms with Crippen molar-refractivity contribution in [1.82, 2.24) is 20.8 Å². The first-order valence-corrected chi connectivity index (χ1v) is 8.04. The van der Waals surface area contributed by atoms with Crippen LogP contribution < -0.4 is 10.6 Å². The molecule has 0 saturated carbocycles. The molecule has 0 bridgehead atoms. The fourth-order valence-electron chi connectivity index (χ4n) is 2.28. The smallest absolute Gasteiger partial charge is 0.268 e. The summed E-state index contributed by atoms with van der Waals surface area (Å²) in [5.41, 5.74) is 0. The van der Waals surface area contributed by atoms with Crippen molar-refractivity contribution in [3.8, 4) is 10.8 Å². The molecule has 1 atom stereocenters. The zero-order chi connectivity index (χ0) is 15.4. The van der Waals surface area contributed by atoms with Gasteiger partial charge in [-0.25, -0.2) is 0 Å². The van der Waals surface area contributed by atoms with Gasteiger partial charge >= 0.3 is 0 Å². The van der Waals surface area contributed by atoms with E-state index in [1.807, 2.05) is 17.5 Å². The van der Waals surface area contributed by atoms with Crippen molar-refractivity contribution in [2.75, 3.05) is 0 Å². The number of amides is 2. The highest BCUT2D eigenvalue weighted by Gasteiger charge is 2.23. The lowest BCUT2D eigenvalue weighted by Crippen LogP contribution is -2.45. The van der Waals surface area contributed by atoms with Gasteiger partial charge in [0.2, 0.25) is 11.8 Å². The van der Waals surface area contributed by atoms with Crippen LogP contribution in [0.5, 0.6) is 0 Å². The van der Waals surface area contributed by atoms with E-state index < -0.39 is 6.04 Å². The Morgan fingerprint density at radius 3 is 3.23 bits per heavy atom. The van der Waals surface area contributed by atoms with E-state index in [0.29, 0.717) is 24.6 Å². The highest BCUT2D eigenvalue weighted by Crippen LogP contribution is 2.22.